The fourth-order valence-electron chi connectivity index (χ4n) is 2.67. The van der Waals surface area contributed by atoms with Crippen molar-refractivity contribution < 1.29 is 9.53 Å². The molecule has 0 aliphatic heterocycles. The molecular weight excluding hydrogens is 316 g/mol. The summed E-state index contributed by atoms with van der Waals surface area (Å²) in [5, 5.41) is 3.77. The van der Waals surface area contributed by atoms with E-state index in [2.05, 4.69) is 10.3 Å². The fraction of sp³-hybridized carbons (Fsp3) is 0.200. The zero-order valence-electron chi connectivity index (χ0n) is 14.0. The highest BCUT2D eigenvalue weighted by Crippen LogP contribution is 2.15. The van der Waals surface area contributed by atoms with Gasteiger partial charge in [-0.2, -0.15) is 0 Å². The lowest BCUT2D eigenvalue weighted by molar-refractivity contribution is -0.123. The van der Waals surface area contributed by atoms with Crippen LogP contribution in [0.15, 0.2) is 59.4 Å². The summed E-state index contributed by atoms with van der Waals surface area (Å²) in [7, 11) is 0. The maximum Gasteiger partial charge on any atom is 0.257 e. The standard InChI is InChI=1S/C20H20N2O3/c1-14-6-5-7-15-12-16(20(24)22-19(14)15)10-11-21-18(23)13-25-17-8-3-2-4-9-17/h2-9,12H,10-11,13H2,1H3,(H,21,23)(H,22,24). The summed E-state index contributed by atoms with van der Waals surface area (Å²) in [6.45, 7) is 2.31. The van der Waals surface area contributed by atoms with Gasteiger partial charge in [0, 0.05) is 12.1 Å². The molecule has 3 rings (SSSR count). The Kier molecular flexibility index (Phi) is 5.14. The van der Waals surface area contributed by atoms with E-state index in [0.29, 0.717) is 24.3 Å². The van der Waals surface area contributed by atoms with E-state index in [1.807, 2.05) is 49.4 Å². The van der Waals surface area contributed by atoms with Crippen molar-refractivity contribution >= 4 is 16.8 Å². The first kappa shape index (κ1) is 16.8. The molecule has 2 N–H and O–H groups in total. The van der Waals surface area contributed by atoms with Gasteiger partial charge in [-0.05, 0) is 42.5 Å². The van der Waals surface area contributed by atoms with Gasteiger partial charge in [-0.15, -0.1) is 0 Å². The molecule has 0 saturated heterocycles. The number of aryl methyl sites for hydroxylation is 1. The predicted octanol–water partition coefficient (Wildman–Crippen LogP) is 2.57. The number of amides is 1. The highest BCUT2D eigenvalue weighted by molar-refractivity contribution is 5.82. The number of hydrogen-bond acceptors (Lipinski definition) is 3. The first-order valence-corrected chi connectivity index (χ1v) is 8.19. The summed E-state index contributed by atoms with van der Waals surface area (Å²) in [4.78, 5) is 26.9. The van der Waals surface area contributed by atoms with Crippen LogP contribution in [0.1, 0.15) is 11.1 Å². The number of aromatic amines is 1. The van der Waals surface area contributed by atoms with E-state index in [4.69, 9.17) is 4.74 Å². The number of hydrogen-bond donors (Lipinski definition) is 2. The summed E-state index contributed by atoms with van der Waals surface area (Å²) in [5.74, 6) is 0.441. The van der Waals surface area contributed by atoms with Crippen LogP contribution in [0.5, 0.6) is 5.75 Å². The minimum absolute atomic E-state index is 0.0444. The molecule has 5 nitrogen and oxygen atoms in total. The molecule has 5 heteroatoms. The average Bonchev–Trinajstić information content (AvgIpc) is 2.62. The van der Waals surface area contributed by atoms with E-state index < -0.39 is 0 Å². The third-order valence-corrected chi connectivity index (χ3v) is 3.99. The van der Waals surface area contributed by atoms with Crippen LogP contribution in [0.4, 0.5) is 0 Å². The van der Waals surface area contributed by atoms with Crippen molar-refractivity contribution in [2.45, 2.75) is 13.3 Å². The van der Waals surface area contributed by atoms with E-state index in [0.717, 1.165) is 16.5 Å². The van der Waals surface area contributed by atoms with Crippen LogP contribution in [0.2, 0.25) is 0 Å². The van der Waals surface area contributed by atoms with Crippen LogP contribution in [0.3, 0.4) is 0 Å². The van der Waals surface area contributed by atoms with Crippen LogP contribution in [0, 0.1) is 6.92 Å². The minimum Gasteiger partial charge on any atom is -0.484 e. The zero-order valence-corrected chi connectivity index (χ0v) is 14.0. The molecule has 2 aromatic carbocycles. The molecule has 3 aromatic rings. The van der Waals surface area contributed by atoms with Crippen molar-refractivity contribution in [2.24, 2.45) is 0 Å². The number of pyridine rings is 1. The SMILES string of the molecule is Cc1cccc2cc(CCNC(=O)COc3ccccc3)c(=O)[nH]c12. The summed E-state index contributed by atoms with van der Waals surface area (Å²) in [6.07, 6.45) is 0.469. The number of benzene rings is 2. The van der Waals surface area contributed by atoms with Gasteiger partial charge in [0.1, 0.15) is 5.75 Å². The quantitative estimate of drug-likeness (QED) is 0.727. The molecule has 0 spiro atoms. The largest absolute Gasteiger partial charge is 0.484 e. The van der Waals surface area contributed by atoms with Gasteiger partial charge >= 0.3 is 0 Å². The number of aromatic nitrogens is 1. The van der Waals surface area contributed by atoms with E-state index in [1.54, 1.807) is 12.1 Å². The van der Waals surface area contributed by atoms with Gasteiger partial charge in [0.15, 0.2) is 6.61 Å². The molecule has 0 atom stereocenters. The normalized spacial score (nSPS) is 10.6. The molecule has 0 radical (unpaired) electrons. The Morgan fingerprint density at radius 1 is 1.12 bits per heavy atom. The average molecular weight is 336 g/mol. The summed E-state index contributed by atoms with van der Waals surface area (Å²) < 4.78 is 5.39. The Labute approximate surface area is 145 Å². The van der Waals surface area contributed by atoms with Gasteiger partial charge in [-0.1, -0.05) is 36.4 Å². The number of carbonyl (C=O) groups excluding carboxylic acids is 1. The molecule has 1 aromatic heterocycles. The second-order valence-corrected chi connectivity index (χ2v) is 5.86. The molecule has 0 saturated carbocycles. The van der Waals surface area contributed by atoms with Crippen molar-refractivity contribution in [3.8, 4) is 5.75 Å². The van der Waals surface area contributed by atoms with E-state index in [-0.39, 0.29) is 18.1 Å². The maximum absolute atomic E-state index is 12.2. The van der Waals surface area contributed by atoms with Gasteiger partial charge < -0.3 is 15.0 Å². The van der Waals surface area contributed by atoms with Crippen LogP contribution in [-0.4, -0.2) is 24.0 Å². The van der Waals surface area contributed by atoms with Gasteiger partial charge in [0.2, 0.25) is 0 Å². The number of ether oxygens (including phenoxy) is 1. The van der Waals surface area contributed by atoms with Gasteiger partial charge in [-0.3, -0.25) is 9.59 Å². The second-order valence-electron chi connectivity index (χ2n) is 5.86. The number of para-hydroxylation sites is 2. The Morgan fingerprint density at radius 3 is 2.72 bits per heavy atom. The summed E-state index contributed by atoms with van der Waals surface area (Å²) in [5.41, 5.74) is 2.43. The molecule has 1 heterocycles. The lowest BCUT2D eigenvalue weighted by Crippen LogP contribution is -2.31. The lowest BCUT2D eigenvalue weighted by Gasteiger charge is -2.08. The molecule has 0 bridgehead atoms. The molecule has 0 aliphatic rings. The zero-order chi connectivity index (χ0) is 17.6. The Balaban J connectivity index is 1.55. The molecule has 1 amide bonds. The molecule has 128 valence electrons. The van der Waals surface area contributed by atoms with Crippen molar-refractivity contribution in [2.75, 3.05) is 13.2 Å². The highest BCUT2D eigenvalue weighted by Gasteiger charge is 2.06. The maximum atomic E-state index is 12.2. The van der Waals surface area contributed by atoms with Gasteiger partial charge in [-0.25, -0.2) is 0 Å². The van der Waals surface area contributed by atoms with Gasteiger partial charge in [0.05, 0.1) is 5.52 Å². The number of carbonyl (C=O) groups is 1. The molecule has 0 fully saturated rings. The third kappa shape index (κ3) is 4.26. The lowest BCUT2D eigenvalue weighted by atomic mass is 10.1. The third-order valence-electron chi connectivity index (χ3n) is 3.99. The Hall–Kier alpha value is -3.08. The number of fused-ring (bicyclic) bond motifs is 1. The summed E-state index contributed by atoms with van der Waals surface area (Å²) in [6, 6.07) is 16.9. The Morgan fingerprint density at radius 2 is 1.92 bits per heavy atom. The van der Waals surface area contributed by atoms with Crippen LogP contribution >= 0.6 is 0 Å². The van der Waals surface area contributed by atoms with Crippen LogP contribution in [0.25, 0.3) is 10.9 Å². The van der Waals surface area contributed by atoms with E-state index in [9.17, 15) is 9.59 Å². The number of nitrogens with one attached hydrogen (secondary N) is 2. The van der Waals surface area contributed by atoms with Crippen molar-refractivity contribution in [1.82, 2.24) is 10.3 Å². The first-order valence-electron chi connectivity index (χ1n) is 8.19. The van der Waals surface area contributed by atoms with Crippen LogP contribution in [-0.2, 0) is 11.2 Å². The first-order chi connectivity index (χ1) is 12.1. The van der Waals surface area contributed by atoms with Crippen molar-refractivity contribution in [3.05, 3.63) is 76.1 Å². The summed E-state index contributed by atoms with van der Waals surface area (Å²) >= 11 is 0. The molecule has 25 heavy (non-hydrogen) atoms. The fourth-order valence-corrected chi connectivity index (χ4v) is 2.67. The van der Waals surface area contributed by atoms with E-state index >= 15 is 0 Å². The minimum atomic E-state index is -0.211. The van der Waals surface area contributed by atoms with Crippen LogP contribution < -0.4 is 15.6 Å². The number of H-pyrrole nitrogens is 1. The Bertz CT molecular complexity index is 933. The number of rotatable bonds is 6. The van der Waals surface area contributed by atoms with Gasteiger partial charge in [0.25, 0.3) is 11.5 Å². The molecule has 0 aliphatic carbocycles. The monoisotopic (exact) mass is 336 g/mol. The van der Waals surface area contributed by atoms with Crippen molar-refractivity contribution in [1.29, 1.82) is 0 Å². The predicted molar refractivity (Wildman–Crippen MR) is 98.0 cm³/mol. The highest BCUT2D eigenvalue weighted by atomic mass is 16.5. The molecular formula is C20H20N2O3. The smallest absolute Gasteiger partial charge is 0.257 e. The van der Waals surface area contributed by atoms with Crippen molar-refractivity contribution in [3.63, 3.8) is 0 Å². The molecule has 0 unspecified atom stereocenters. The second kappa shape index (κ2) is 7.66. The topological polar surface area (TPSA) is 71.2 Å². The van der Waals surface area contributed by atoms with E-state index in [1.165, 1.54) is 0 Å².